The molecule has 0 spiro atoms. The molecule has 2 aromatic rings. The predicted octanol–water partition coefficient (Wildman–Crippen LogP) is 2.51. The van der Waals surface area contributed by atoms with Gasteiger partial charge in [-0.25, -0.2) is 4.68 Å². The van der Waals surface area contributed by atoms with Gasteiger partial charge in [0.15, 0.2) is 6.29 Å². The van der Waals surface area contributed by atoms with Crippen LogP contribution in [0.25, 0.3) is 5.69 Å². The van der Waals surface area contributed by atoms with Gasteiger partial charge in [0.1, 0.15) is 5.69 Å². The molecular formula is C13H15N3O. The third-order valence-electron chi connectivity index (χ3n) is 2.73. The van der Waals surface area contributed by atoms with Crippen LogP contribution in [0, 0.1) is 6.92 Å². The van der Waals surface area contributed by atoms with Crippen molar-refractivity contribution in [3.8, 4) is 5.69 Å². The summed E-state index contributed by atoms with van der Waals surface area (Å²) < 4.78 is 1.75. The Balaban J connectivity index is 2.64. The highest BCUT2D eigenvalue weighted by Crippen LogP contribution is 2.22. The van der Waals surface area contributed by atoms with Gasteiger partial charge in [0.2, 0.25) is 0 Å². The van der Waals surface area contributed by atoms with Crippen molar-refractivity contribution >= 4 is 6.29 Å². The zero-order valence-electron chi connectivity index (χ0n) is 10.2. The lowest BCUT2D eigenvalue weighted by molar-refractivity contribution is 0.111. The summed E-state index contributed by atoms with van der Waals surface area (Å²) in [4.78, 5) is 10.9. The third kappa shape index (κ3) is 1.98. The maximum atomic E-state index is 10.9. The molecule has 0 atom stereocenters. The second kappa shape index (κ2) is 4.49. The molecule has 17 heavy (non-hydrogen) atoms. The van der Waals surface area contributed by atoms with Crippen LogP contribution in [-0.4, -0.2) is 21.3 Å². The molecular weight excluding hydrogens is 214 g/mol. The van der Waals surface area contributed by atoms with Crippen LogP contribution < -0.4 is 0 Å². The number of hydrogen-bond acceptors (Lipinski definition) is 3. The summed E-state index contributed by atoms with van der Waals surface area (Å²) in [6.45, 7) is 6.07. The minimum Gasteiger partial charge on any atom is -0.296 e. The molecule has 88 valence electrons. The van der Waals surface area contributed by atoms with Crippen molar-refractivity contribution < 1.29 is 4.79 Å². The van der Waals surface area contributed by atoms with Gasteiger partial charge in [-0.1, -0.05) is 37.3 Å². The average Bonchev–Trinajstić information content (AvgIpc) is 2.73. The Hall–Kier alpha value is -1.97. The molecule has 0 aliphatic carbocycles. The molecule has 0 amide bonds. The van der Waals surface area contributed by atoms with Gasteiger partial charge in [0.05, 0.1) is 11.4 Å². The van der Waals surface area contributed by atoms with Crippen LogP contribution >= 0.6 is 0 Å². The molecule has 0 fully saturated rings. The van der Waals surface area contributed by atoms with Crippen molar-refractivity contribution in [1.29, 1.82) is 0 Å². The summed E-state index contributed by atoms with van der Waals surface area (Å²) in [5, 5.41) is 7.99. The fourth-order valence-electron chi connectivity index (χ4n) is 1.90. The molecule has 0 aliphatic rings. The minimum atomic E-state index is 0.199. The van der Waals surface area contributed by atoms with E-state index >= 15 is 0 Å². The van der Waals surface area contributed by atoms with Gasteiger partial charge in [0, 0.05) is 0 Å². The lowest BCUT2D eigenvalue weighted by atomic mass is 10.1. The normalized spacial score (nSPS) is 10.8. The number of aromatic nitrogens is 3. The van der Waals surface area contributed by atoms with E-state index in [2.05, 4.69) is 10.3 Å². The van der Waals surface area contributed by atoms with Crippen LogP contribution in [0.2, 0.25) is 0 Å². The highest BCUT2D eigenvalue weighted by atomic mass is 16.1. The summed E-state index contributed by atoms with van der Waals surface area (Å²) in [6.07, 6.45) is 0.761. The van der Waals surface area contributed by atoms with E-state index in [9.17, 15) is 4.79 Å². The number of nitrogens with zero attached hydrogens (tertiary/aromatic N) is 3. The lowest BCUT2D eigenvalue weighted by Gasteiger charge is -2.11. The number of para-hydroxylation sites is 1. The van der Waals surface area contributed by atoms with Gasteiger partial charge in [-0.15, -0.1) is 5.10 Å². The number of carbonyl (C=O) groups excluding carboxylic acids is 1. The second-order valence-corrected chi connectivity index (χ2v) is 4.33. The standard InChI is InChI=1S/C13H15N3O/c1-9(2)13-11(8-17)14-15-16(13)12-7-5-4-6-10(12)3/h4-9H,1-3H3. The average molecular weight is 229 g/mol. The molecule has 2 rings (SSSR count). The highest BCUT2D eigenvalue weighted by molar-refractivity contribution is 5.74. The maximum absolute atomic E-state index is 10.9. The zero-order valence-corrected chi connectivity index (χ0v) is 10.2. The van der Waals surface area contributed by atoms with Crippen molar-refractivity contribution in [3.05, 3.63) is 41.2 Å². The molecule has 0 N–H and O–H groups in total. The molecule has 0 radical (unpaired) electrons. The molecule has 0 saturated carbocycles. The van der Waals surface area contributed by atoms with Gasteiger partial charge in [-0.05, 0) is 24.5 Å². The number of carbonyl (C=O) groups is 1. The first-order chi connectivity index (χ1) is 8.15. The van der Waals surface area contributed by atoms with Crippen LogP contribution in [-0.2, 0) is 0 Å². The molecule has 1 heterocycles. The van der Waals surface area contributed by atoms with Gasteiger partial charge in [-0.2, -0.15) is 0 Å². The summed E-state index contributed by atoms with van der Waals surface area (Å²) in [5.74, 6) is 0.199. The summed E-state index contributed by atoms with van der Waals surface area (Å²) in [5.41, 5.74) is 3.35. The zero-order chi connectivity index (χ0) is 12.4. The number of aryl methyl sites for hydroxylation is 1. The van der Waals surface area contributed by atoms with E-state index in [1.807, 2.05) is 45.0 Å². The van der Waals surface area contributed by atoms with Gasteiger partial charge in [0.25, 0.3) is 0 Å². The molecule has 4 nitrogen and oxygen atoms in total. The SMILES string of the molecule is Cc1ccccc1-n1nnc(C=O)c1C(C)C. The smallest absolute Gasteiger partial charge is 0.172 e. The fourth-order valence-corrected chi connectivity index (χ4v) is 1.90. The molecule has 0 saturated heterocycles. The Labute approximate surface area is 100 Å². The lowest BCUT2D eigenvalue weighted by Crippen LogP contribution is -2.06. The number of aldehydes is 1. The Morgan fingerprint density at radius 3 is 2.59 bits per heavy atom. The van der Waals surface area contributed by atoms with Gasteiger partial charge < -0.3 is 0 Å². The number of hydrogen-bond donors (Lipinski definition) is 0. The number of benzene rings is 1. The van der Waals surface area contributed by atoms with E-state index < -0.39 is 0 Å². The van der Waals surface area contributed by atoms with Gasteiger partial charge >= 0.3 is 0 Å². The second-order valence-electron chi connectivity index (χ2n) is 4.33. The predicted molar refractivity (Wildman–Crippen MR) is 65.6 cm³/mol. The largest absolute Gasteiger partial charge is 0.296 e. The summed E-state index contributed by atoms with van der Waals surface area (Å²) in [6, 6.07) is 7.92. The minimum absolute atomic E-state index is 0.199. The first-order valence-corrected chi connectivity index (χ1v) is 5.62. The Morgan fingerprint density at radius 2 is 2.00 bits per heavy atom. The van der Waals surface area contributed by atoms with E-state index in [1.165, 1.54) is 0 Å². The molecule has 0 unspecified atom stereocenters. The van der Waals surface area contributed by atoms with E-state index in [-0.39, 0.29) is 5.92 Å². The van der Waals surface area contributed by atoms with Crippen molar-refractivity contribution in [2.45, 2.75) is 26.7 Å². The van der Waals surface area contributed by atoms with Crippen LogP contribution in [0.1, 0.15) is 41.5 Å². The first kappa shape index (κ1) is 11.5. The monoisotopic (exact) mass is 229 g/mol. The first-order valence-electron chi connectivity index (χ1n) is 5.62. The summed E-state index contributed by atoms with van der Waals surface area (Å²) >= 11 is 0. The van der Waals surface area contributed by atoms with Crippen LogP contribution in [0.5, 0.6) is 0 Å². The van der Waals surface area contributed by atoms with Crippen LogP contribution in [0.3, 0.4) is 0 Å². The maximum Gasteiger partial charge on any atom is 0.172 e. The van der Waals surface area contributed by atoms with Crippen molar-refractivity contribution in [3.63, 3.8) is 0 Å². The quantitative estimate of drug-likeness (QED) is 0.760. The highest BCUT2D eigenvalue weighted by Gasteiger charge is 2.17. The molecule has 0 aliphatic heterocycles. The fraction of sp³-hybridized carbons (Fsp3) is 0.308. The van der Waals surface area contributed by atoms with E-state index in [0.29, 0.717) is 5.69 Å². The molecule has 4 heteroatoms. The van der Waals surface area contributed by atoms with E-state index in [1.54, 1.807) is 4.68 Å². The Morgan fingerprint density at radius 1 is 1.29 bits per heavy atom. The van der Waals surface area contributed by atoms with Crippen LogP contribution in [0.15, 0.2) is 24.3 Å². The third-order valence-corrected chi connectivity index (χ3v) is 2.73. The van der Waals surface area contributed by atoms with Crippen molar-refractivity contribution in [1.82, 2.24) is 15.0 Å². The van der Waals surface area contributed by atoms with E-state index in [0.717, 1.165) is 23.2 Å². The molecule has 1 aromatic carbocycles. The Kier molecular flexibility index (Phi) is 3.04. The van der Waals surface area contributed by atoms with Crippen molar-refractivity contribution in [2.75, 3.05) is 0 Å². The topological polar surface area (TPSA) is 47.8 Å². The number of rotatable bonds is 3. The van der Waals surface area contributed by atoms with E-state index in [4.69, 9.17) is 0 Å². The molecule has 1 aromatic heterocycles. The summed E-state index contributed by atoms with van der Waals surface area (Å²) in [7, 11) is 0. The van der Waals surface area contributed by atoms with Crippen LogP contribution in [0.4, 0.5) is 0 Å². The molecule has 0 bridgehead atoms. The Bertz CT molecular complexity index is 543. The van der Waals surface area contributed by atoms with Crippen molar-refractivity contribution in [2.24, 2.45) is 0 Å². The van der Waals surface area contributed by atoms with Gasteiger partial charge in [-0.3, -0.25) is 4.79 Å².